The van der Waals surface area contributed by atoms with Crippen LogP contribution in [0.5, 0.6) is 5.75 Å². The highest BCUT2D eigenvalue weighted by Gasteiger charge is 2.30. The maximum Gasteiger partial charge on any atom is 0.416 e. The number of halogens is 3. The highest BCUT2D eigenvalue weighted by atomic mass is 19.4. The van der Waals surface area contributed by atoms with E-state index in [1.165, 1.54) is 18.2 Å². The molecular formula is C34H35F3N2O5. The number of benzene rings is 3. The van der Waals surface area contributed by atoms with Gasteiger partial charge in [-0.2, -0.15) is 13.2 Å². The molecule has 232 valence electrons. The fourth-order valence-corrected chi connectivity index (χ4v) is 4.67. The second-order valence-corrected chi connectivity index (χ2v) is 10.4. The van der Waals surface area contributed by atoms with Gasteiger partial charge in [0.1, 0.15) is 17.6 Å². The standard InChI is InChI=1S/C34H35F3N2O5/c1-3-31-28(39-32(44-31)25-8-5-4-6-9-25)10-7-19-43-27-17-11-23(12-18-27)21-29(33(41)42)38-22(2)20-30(40)24-13-15-26(16-14-24)34(35,36)37/h4-6,8-9,11-18,20,29-30,38,40H,3,7,10,19,21H2,1-2H3,(H,41,42)/b22-20+/t29-,30?/m0/s1. The van der Waals surface area contributed by atoms with Gasteiger partial charge in [-0.1, -0.05) is 49.4 Å². The Morgan fingerprint density at radius 3 is 2.34 bits per heavy atom. The molecule has 0 amide bonds. The second kappa shape index (κ2) is 14.7. The SMILES string of the molecule is CCc1oc(-c2ccccc2)nc1CCCOc1ccc(C[C@H](N/C(C)=C/C(O)c2ccc(C(F)(F)F)cc2)C(=O)O)cc1. The Morgan fingerprint density at radius 2 is 1.73 bits per heavy atom. The molecule has 0 saturated heterocycles. The van der Waals surface area contributed by atoms with Crippen molar-refractivity contribution in [3.63, 3.8) is 0 Å². The summed E-state index contributed by atoms with van der Waals surface area (Å²) >= 11 is 0. The van der Waals surface area contributed by atoms with Gasteiger partial charge in [0.05, 0.1) is 24.0 Å². The number of ether oxygens (including phenoxy) is 1. The van der Waals surface area contributed by atoms with Crippen molar-refractivity contribution < 1.29 is 37.3 Å². The molecule has 0 aliphatic heterocycles. The van der Waals surface area contributed by atoms with Gasteiger partial charge in [-0.15, -0.1) is 0 Å². The number of allylic oxidation sites excluding steroid dienone is 1. The third-order valence-corrected chi connectivity index (χ3v) is 7.00. The molecule has 44 heavy (non-hydrogen) atoms. The van der Waals surface area contributed by atoms with Gasteiger partial charge in [0.25, 0.3) is 0 Å². The van der Waals surface area contributed by atoms with E-state index >= 15 is 0 Å². The maximum absolute atomic E-state index is 12.8. The van der Waals surface area contributed by atoms with Crippen molar-refractivity contribution in [3.05, 3.63) is 119 Å². The molecule has 1 heterocycles. The third-order valence-electron chi connectivity index (χ3n) is 7.00. The predicted octanol–water partition coefficient (Wildman–Crippen LogP) is 7.16. The van der Waals surface area contributed by atoms with Gasteiger partial charge >= 0.3 is 12.1 Å². The molecule has 3 N–H and O–H groups in total. The minimum absolute atomic E-state index is 0.160. The van der Waals surface area contributed by atoms with Crippen molar-refractivity contribution >= 4 is 5.97 Å². The minimum Gasteiger partial charge on any atom is -0.494 e. The number of carboxylic acid groups (broad SMARTS) is 1. The molecule has 1 unspecified atom stereocenters. The fourth-order valence-electron chi connectivity index (χ4n) is 4.67. The fraction of sp³-hybridized carbons (Fsp3) is 0.294. The van der Waals surface area contributed by atoms with Crippen LogP contribution in [0, 0.1) is 0 Å². The lowest BCUT2D eigenvalue weighted by molar-refractivity contribution is -0.139. The van der Waals surface area contributed by atoms with E-state index in [0.29, 0.717) is 30.4 Å². The van der Waals surface area contributed by atoms with Crippen molar-refractivity contribution in [1.82, 2.24) is 10.3 Å². The number of carbonyl (C=O) groups is 1. The molecule has 10 heteroatoms. The Labute approximate surface area is 254 Å². The number of hydrogen-bond acceptors (Lipinski definition) is 6. The first-order chi connectivity index (χ1) is 21.0. The number of aryl methyl sites for hydroxylation is 2. The van der Waals surface area contributed by atoms with Crippen molar-refractivity contribution in [2.45, 2.75) is 57.9 Å². The number of aliphatic hydroxyl groups excluding tert-OH is 1. The number of alkyl halides is 3. The molecule has 0 spiro atoms. The summed E-state index contributed by atoms with van der Waals surface area (Å²) < 4.78 is 50.2. The number of rotatable bonds is 14. The van der Waals surface area contributed by atoms with Crippen LogP contribution in [-0.4, -0.2) is 33.8 Å². The van der Waals surface area contributed by atoms with E-state index < -0.39 is 29.9 Å². The monoisotopic (exact) mass is 608 g/mol. The first-order valence-electron chi connectivity index (χ1n) is 14.3. The lowest BCUT2D eigenvalue weighted by Crippen LogP contribution is -2.37. The molecule has 3 aromatic carbocycles. The van der Waals surface area contributed by atoms with Gasteiger partial charge < -0.3 is 24.7 Å². The van der Waals surface area contributed by atoms with Crippen LogP contribution in [0.2, 0.25) is 0 Å². The smallest absolute Gasteiger partial charge is 0.416 e. The zero-order chi connectivity index (χ0) is 31.7. The van der Waals surface area contributed by atoms with Gasteiger partial charge in [-0.3, -0.25) is 0 Å². The number of hydrogen-bond donors (Lipinski definition) is 3. The lowest BCUT2D eigenvalue weighted by Gasteiger charge is -2.18. The molecule has 7 nitrogen and oxygen atoms in total. The average molecular weight is 609 g/mol. The molecule has 0 aliphatic rings. The maximum atomic E-state index is 12.8. The summed E-state index contributed by atoms with van der Waals surface area (Å²) in [6, 6.07) is 20.1. The van der Waals surface area contributed by atoms with Gasteiger partial charge in [0, 0.05) is 24.1 Å². The first kappa shape index (κ1) is 32.3. The Bertz CT molecular complexity index is 1530. The van der Waals surface area contributed by atoms with E-state index in [1.807, 2.05) is 37.3 Å². The Morgan fingerprint density at radius 1 is 1.05 bits per heavy atom. The molecule has 0 bridgehead atoms. The molecule has 4 aromatic rings. The molecule has 0 saturated carbocycles. The van der Waals surface area contributed by atoms with E-state index in [4.69, 9.17) is 9.15 Å². The molecule has 0 fully saturated rings. The number of aromatic nitrogens is 1. The van der Waals surface area contributed by atoms with Crippen LogP contribution in [0.15, 0.2) is 95.1 Å². The van der Waals surface area contributed by atoms with Crippen LogP contribution in [0.25, 0.3) is 11.5 Å². The largest absolute Gasteiger partial charge is 0.494 e. The predicted molar refractivity (Wildman–Crippen MR) is 160 cm³/mol. The topological polar surface area (TPSA) is 105 Å². The van der Waals surface area contributed by atoms with E-state index in [9.17, 15) is 28.2 Å². The highest BCUT2D eigenvalue weighted by Crippen LogP contribution is 2.30. The van der Waals surface area contributed by atoms with Crippen LogP contribution in [0.1, 0.15) is 54.5 Å². The van der Waals surface area contributed by atoms with Crippen LogP contribution < -0.4 is 10.1 Å². The Balaban J connectivity index is 1.27. The van der Waals surface area contributed by atoms with Crippen molar-refractivity contribution in [2.24, 2.45) is 0 Å². The lowest BCUT2D eigenvalue weighted by atomic mass is 10.0. The van der Waals surface area contributed by atoms with Gasteiger partial charge in [-0.25, -0.2) is 9.78 Å². The minimum atomic E-state index is -4.47. The van der Waals surface area contributed by atoms with Crippen molar-refractivity contribution in [1.29, 1.82) is 0 Å². The average Bonchev–Trinajstić information content (AvgIpc) is 3.43. The summed E-state index contributed by atoms with van der Waals surface area (Å²) in [7, 11) is 0. The molecule has 1 aromatic heterocycles. The summed E-state index contributed by atoms with van der Waals surface area (Å²) in [6.07, 6.45) is -1.96. The van der Waals surface area contributed by atoms with Gasteiger partial charge in [0.15, 0.2) is 0 Å². The summed E-state index contributed by atoms with van der Waals surface area (Å²) in [6.45, 7) is 4.09. The molecule has 0 aliphatic carbocycles. The Kier molecular flexibility index (Phi) is 10.8. The quantitative estimate of drug-likeness (QED) is 0.131. The Hall–Kier alpha value is -4.57. The molecular weight excluding hydrogens is 573 g/mol. The van der Waals surface area contributed by atoms with Crippen LogP contribution in [0.4, 0.5) is 13.2 Å². The number of nitrogens with zero attached hydrogens (tertiary/aromatic N) is 1. The summed E-state index contributed by atoms with van der Waals surface area (Å²) in [5.41, 5.74) is 2.44. The number of oxazole rings is 1. The van der Waals surface area contributed by atoms with E-state index in [1.54, 1.807) is 31.2 Å². The number of nitrogens with one attached hydrogen (secondary N) is 1. The normalized spacial score (nSPS) is 13.4. The third kappa shape index (κ3) is 8.97. The van der Waals surface area contributed by atoms with Crippen LogP contribution in [0.3, 0.4) is 0 Å². The van der Waals surface area contributed by atoms with Crippen LogP contribution in [-0.2, 0) is 30.2 Å². The molecule has 4 rings (SSSR count). The van der Waals surface area contributed by atoms with E-state index in [2.05, 4.69) is 10.3 Å². The number of aliphatic carboxylic acids is 1. The first-order valence-corrected chi connectivity index (χ1v) is 14.3. The van der Waals surface area contributed by atoms with E-state index in [0.717, 1.165) is 47.6 Å². The zero-order valence-electron chi connectivity index (χ0n) is 24.5. The summed E-state index contributed by atoms with van der Waals surface area (Å²) in [5, 5.41) is 23.0. The summed E-state index contributed by atoms with van der Waals surface area (Å²) in [5.74, 6) is 1.06. The molecule has 0 radical (unpaired) electrons. The van der Waals surface area contributed by atoms with Crippen molar-refractivity contribution in [2.75, 3.05) is 6.61 Å². The summed E-state index contributed by atoms with van der Waals surface area (Å²) in [4.78, 5) is 16.6. The van der Waals surface area contributed by atoms with Crippen LogP contribution >= 0.6 is 0 Å². The van der Waals surface area contributed by atoms with Gasteiger partial charge in [0.2, 0.25) is 5.89 Å². The van der Waals surface area contributed by atoms with Crippen molar-refractivity contribution in [3.8, 4) is 17.2 Å². The second-order valence-electron chi connectivity index (χ2n) is 10.4. The molecule has 2 atom stereocenters. The van der Waals surface area contributed by atoms with Gasteiger partial charge in [-0.05, 0) is 73.4 Å². The number of aliphatic hydroxyl groups is 1. The zero-order valence-corrected chi connectivity index (χ0v) is 24.5. The highest BCUT2D eigenvalue weighted by molar-refractivity contribution is 5.74. The number of carboxylic acids is 1. The van der Waals surface area contributed by atoms with E-state index in [-0.39, 0.29) is 12.0 Å².